The number of nitrogens with zero attached hydrogens (tertiary/aromatic N) is 2. The van der Waals surface area contributed by atoms with Crippen molar-refractivity contribution in [3.8, 4) is 0 Å². The van der Waals surface area contributed by atoms with Crippen LogP contribution >= 0.6 is 0 Å². The number of likely N-dealkylation sites (tertiary alicyclic amines) is 1. The topological polar surface area (TPSA) is 35.8 Å². The molecule has 2 unspecified atom stereocenters. The number of hydrogen-bond donors (Lipinski definition) is 1. The molecule has 5 aliphatic rings. The number of hydrogen-bond acceptors (Lipinski definition) is 3. The third-order valence-corrected chi connectivity index (χ3v) is 9.04. The predicted molar refractivity (Wildman–Crippen MR) is 103 cm³/mol. The number of oxime groups is 1. The monoisotopic (exact) mass is 350 g/mol. The molecular weight excluding hydrogens is 320 g/mol. The maximum absolute atomic E-state index is 9.52. The molecule has 4 aliphatic carbocycles. The summed E-state index contributed by atoms with van der Waals surface area (Å²) in [5.41, 5.74) is 5.88. The van der Waals surface area contributed by atoms with E-state index in [9.17, 15) is 5.21 Å². The van der Waals surface area contributed by atoms with Crippen LogP contribution in [0.4, 0.5) is 0 Å². The molecule has 3 nitrogen and oxygen atoms in total. The van der Waals surface area contributed by atoms with Crippen molar-refractivity contribution in [1.29, 1.82) is 0 Å². The predicted octanol–water partition coefficient (Wildman–Crippen LogP) is 4.35. The van der Waals surface area contributed by atoms with E-state index in [0.717, 1.165) is 35.3 Å². The van der Waals surface area contributed by atoms with Gasteiger partial charge in [-0.05, 0) is 93.3 Å². The normalized spacial score (nSPS) is 41.0. The summed E-state index contributed by atoms with van der Waals surface area (Å²) in [5.74, 6) is 3.19. The van der Waals surface area contributed by atoms with Gasteiger partial charge in [0.1, 0.15) is 0 Å². The molecule has 4 atom stereocenters. The minimum absolute atomic E-state index is 0.219. The molecule has 1 aromatic rings. The van der Waals surface area contributed by atoms with Gasteiger partial charge in [-0.25, -0.2) is 0 Å². The Morgan fingerprint density at radius 2 is 2.04 bits per heavy atom. The summed E-state index contributed by atoms with van der Waals surface area (Å²) in [5, 5.41) is 13.2. The second-order valence-electron chi connectivity index (χ2n) is 10.1. The van der Waals surface area contributed by atoms with Crippen LogP contribution in [0.25, 0.3) is 0 Å². The van der Waals surface area contributed by atoms with Gasteiger partial charge in [0.2, 0.25) is 0 Å². The molecule has 0 aromatic heterocycles. The molecule has 2 spiro atoms. The molecule has 1 aromatic carbocycles. The first-order valence-corrected chi connectivity index (χ1v) is 10.7. The fourth-order valence-corrected chi connectivity index (χ4v) is 7.58. The maximum Gasteiger partial charge on any atom is 0.0879 e. The highest BCUT2D eigenvalue weighted by Crippen LogP contribution is 2.77. The number of piperidine rings is 1. The molecule has 0 bridgehead atoms. The number of benzene rings is 1. The summed E-state index contributed by atoms with van der Waals surface area (Å²) in [6, 6.07) is 6.75. The van der Waals surface area contributed by atoms with Gasteiger partial charge in [-0.2, -0.15) is 0 Å². The largest absolute Gasteiger partial charge is 0.411 e. The Bertz CT molecular complexity index is 789. The summed E-state index contributed by atoms with van der Waals surface area (Å²) in [6.45, 7) is 5.90. The Hall–Kier alpha value is -1.35. The number of rotatable bonds is 2. The first kappa shape index (κ1) is 15.7. The lowest BCUT2D eigenvalue weighted by Crippen LogP contribution is -2.48. The minimum atomic E-state index is 0.219. The molecular formula is C23H30N2O. The van der Waals surface area contributed by atoms with Crippen LogP contribution in [0.1, 0.15) is 61.6 Å². The summed E-state index contributed by atoms with van der Waals surface area (Å²) in [6.07, 6.45) is 9.51. The molecule has 3 heteroatoms. The Morgan fingerprint density at radius 1 is 1.19 bits per heavy atom. The van der Waals surface area contributed by atoms with Gasteiger partial charge in [-0.15, -0.1) is 0 Å². The van der Waals surface area contributed by atoms with Crippen LogP contribution in [0.15, 0.2) is 23.4 Å². The van der Waals surface area contributed by atoms with Crippen molar-refractivity contribution in [2.75, 3.05) is 19.6 Å². The van der Waals surface area contributed by atoms with Gasteiger partial charge in [0.25, 0.3) is 0 Å². The van der Waals surface area contributed by atoms with Crippen LogP contribution in [-0.2, 0) is 5.41 Å². The third kappa shape index (κ3) is 1.96. The van der Waals surface area contributed by atoms with Gasteiger partial charge < -0.3 is 10.1 Å². The smallest absolute Gasteiger partial charge is 0.0879 e. The summed E-state index contributed by atoms with van der Waals surface area (Å²) in [4.78, 5) is 2.75. The fourth-order valence-electron chi connectivity index (χ4n) is 7.58. The van der Waals surface area contributed by atoms with Crippen LogP contribution in [0.5, 0.6) is 0 Å². The van der Waals surface area contributed by atoms with Crippen LogP contribution < -0.4 is 0 Å². The van der Waals surface area contributed by atoms with Gasteiger partial charge in [-0.3, -0.25) is 0 Å². The first-order valence-electron chi connectivity index (χ1n) is 10.7. The SMILES string of the molecule is Cc1ccc2c(c1)/C(=N/O)CC21CCN(CC2CC34C[C@@H]3CC[C@H]24)CC1. The Balaban J connectivity index is 1.16. The van der Waals surface area contributed by atoms with E-state index in [1.807, 2.05) is 0 Å². The lowest BCUT2D eigenvalue weighted by atomic mass is 9.62. The van der Waals surface area contributed by atoms with Crippen LogP contribution in [-0.4, -0.2) is 35.5 Å². The highest BCUT2D eigenvalue weighted by Gasteiger charge is 2.70. The second-order valence-corrected chi connectivity index (χ2v) is 10.1. The molecule has 1 aliphatic heterocycles. The van der Waals surface area contributed by atoms with E-state index in [1.165, 1.54) is 68.4 Å². The number of fused-ring (bicyclic) bond motifs is 2. The zero-order valence-corrected chi connectivity index (χ0v) is 15.9. The molecule has 138 valence electrons. The van der Waals surface area contributed by atoms with E-state index in [-0.39, 0.29) is 5.41 Å². The number of aryl methyl sites for hydroxylation is 1. The molecule has 1 heterocycles. The van der Waals surface area contributed by atoms with Crippen molar-refractivity contribution in [2.24, 2.45) is 28.3 Å². The maximum atomic E-state index is 9.52. The van der Waals surface area contributed by atoms with E-state index >= 15 is 0 Å². The van der Waals surface area contributed by atoms with Crippen LogP contribution in [0.2, 0.25) is 0 Å². The summed E-state index contributed by atoms with van der Waals surface area (Å²) < 4.78 is 0. The van der Waals surface area contributed by atoms with E-state index in [4.69, 9.17) is 0 Å². The molecule has 0 radical (unpaired) electrons. The van der Waals surface area contributed by atoms with E-state index in [1.54, 1.807) is 6.42 Å². The van der Waals surface area contributed by atoms with Crippen LogP contribution in [0, 0.1) is 30.1 Å². The lowest BCUT2D eigenvalue weighted by molar-refractivity contribution is 0.0171. The van der Waals surface area contributed by atoms with Gasteiger partial charge in [-0.1, -0.05) is 22.9 Å². The van der Waals surface area contributed by atoms with Crippen molar-refractivity contribution in [3.63, 3.8) is 0 Å². The standard InChI is InChI=1S/C23H30N2O/c1-15-2-4-20-18(10-15)21(24-26)13-22(20)6-8-25(9-7-22)14-16-11-23-12-17(23)3-5-19(16)23/h2,4,10,16-17,19,26H,3,5-9,11-14H2,1H3/b24-21+/t16?,17-,19+,23?/m0/s1. The Kier molecular flexibility index (Phi) is 3.09. The molecule has 3 saturated carbocycles. The van der Waals surface area contributed by atoms with Crippen molar-refractivity contribution in [1.82, 2.24) is 4.90 Å². The lowest BCUT2D eigenvalue weighted by Gasteiger charge is -2.48. The molecule has 0 amide bonds. The second kappa shape index (κ2) is 5.13. The van der Waals surface area contributed by atoms with Crippen molar-refractivity contribution < 1.29 is 5.21 Å². The highest BCUT2D eigenvalue weighted by atomic mass is 16.4. The zero-order chi connectivity index (χ0) is 17.5. The third-order valence-electron chi connectivity index (χ3n) is 9.04. The fraction of sp³-hybridized carbons (Fsp3) is 0.696. The van der Waals surface area contributed by atoms with E-state index in [2.05, 4.69) is 35.2 Å². The van der Waals surface area contributed by atoms with Gasteiger partial charge in [0.05, 0.1) is 5.71 Å². The highest BCUT2D eigenvalue weighted by molar-refractivity contribution is 6.06. The zero-order valence-electron chi connectivity index (χ0n) is 15.9. The van der Waals surface area contributed by atoms with Gasteiger partial charge in [0, 0.05) is 23.9 Å². The molecule has 6 rings (SSSR count). The van der Waals surface area contributed by atoms with Crippen molar-refractivity contribution in [2.45, 2.75) is 57.3 Å². The molecule has 1 N–H and O–H groups in total. The van der Waals surface area contributed by atoms with Crippen molar-refractivity contribution >= 4 is 5.71 Å². The average molecular weight is 351 g/mol. The molecule has 1 saturated heterocycles. The first-order chi connectivity index (χ1) is 12.6. The van der Waals surface area contributed by atoms with Gasteiger partial charge in [0.15, 0.2) is 0 Å². The summed E-state index contributed by atoms with van der Waals surface area (Å²) in [7, 11) is 0. The Morgan fingerprint density at radius 3 is 2.77 bits per heavy atom. The molecule has 4 fully saturated rings. The minimum Gasteiger partial charge on any atom is -0.411 e. The van der Waals surface area contributed by atoms with Crippen LogP contribution in [0.3, 0.4) is 0 Å². The van der Waals surface area contributed by atoms with Crippen molar-refractivity contribution in [3.05, 3.63) is 34.9 Å². The average Bonchev–Trinajstić information content (AvgIpc) is 3.19. The Labute approximate surface area is 156 Å². The van der Waals surface area contributed by atoms with E-state index < -0.39 is 0 Å². The summed E-state index contributed by atoms with van der Waals surface area (Å²) >= 11 is 0. The van der Waals surface area contributed by atoms with E-state index in [0.29, 0.717) is 0 Å². The van der Waals surface area contributed by atoms with Gasteiger partial charge >= 0.3 is 0 Å². The molecule has 26 heavy (non-hydrogen) atoms. The quantitative estimate of drug-likeness (QED) is 0.636.